The molecule has 130 valence electrons. The van der Waals surface area contributed by atoms with Gasteiger partial charge in [-0.1, -0.05) is 55.2 Å². The van der Waals surface area contributed by atoms with E-state index < -0.39 is 6.10 Å². The van der Waals surface area contributed by atoms with Crippen LogP contribution < -0.4 is 0 Å². The Morgan fingerprint density at radius 3 is 2.28 bits per heavy atom. The van der Waals surface area contributed by atoms with E-state index in [1.807, 2.05) is 24.3 Å². The number of morpholine rings is 1. The fraction of sp³-hybridized carbons (Fsp3) is 0.364. The Bertz CT molecular complexity index is 719. The Morgan fingerprint density at radius 2 is 1.64 bits per heavy atom. The molecule has 3 rings (SSSR count). The molecule has 0 amide bonds. The number of aliphatic hydroxyl groups is 1. The summed E-state index contributed by atoms with van der Waals surface area (Å²) >= 11 is 0. The summed E-state index contributed by atoms with van der Waals surface area (Å²) in [5.74, 6) is 5.98. The molecule has 1 heterocycles. The maximum atomic E-state index is 10.3. The predicted molar refractivity (Wildman–Crippen MR) is 100 cm³/mol. The fourth-order valence-electron chi connectivity index (χ4n) is 2.88. The van der Waals surface area contributed by atoms with Crippen LogP contribution in [0.3, 0.4) is 0 Å². The van der Waals surface area contributed by atoms with Gasteiger partial charge in [-0.2, -0.15) is 0 Å². The first-order valence-corrected chi connectivity index (χ1v) is 8.92. The highest BCUT2D eigenvalue weighted by Gasteiger charge is 2.11. The molecule has 0 aromatic heterocycles. The van der Waals surface area contributed by atoms with Gasteiger partial charge in [0.1, 0.15) is 6.10 Å². The third kappa shape index (κ3) is 5.17. The topological polar surface area (TPSA) is 32.7 Å². The normalized spacial score (nSPS) is 16.1. The molecule has 1 fully saturated rings. The number of aliphatic hydroxyl groups excluding tert-OH is 1. The standard InChI is InChI=1S/C22H25NO2/c1-2-18-3-5-19(6-4-18)9-12-22(24)21-10-7-20(8-11-21)17-23-13-15-25-16-14-23/h3-8,10-11,22,24H,2,13-17H2,1H3. The molecule has 1 aliphatic rings. The van der Waals surface area contributed by atoms with Gasteiger partial charge in [-0.25, -0.2) is 0 Å². The molecule has 0 aliphatic carbocycles. The summed E-state index contributed by atoms with van der Waals surface area (Å²) in [6, 6.07) is 16.3. The molecule has 0 spiro atoms. The highest BCUT2D eigenvalue weighted by atomic mass is 16.5. The van der Waals surface area contributed by atoms with Gasteiger partial charge in [-0.05, 0) is 35.2 Å². The number of ether oxygens (including phenoxy) is 1. The Morgan fingerprint density at radius 1 is 1.00 bits per heavy atom. The lowest BCUT2D eigenvalue weighted by Crippen LogP contribution is -2.35. The molecule has 3 heteroatoms. The average Bonchev–Trinajstić information content (AvgIpc) is 2.68. The van der Waals surface area contributed by atoms with Crippen molar-refractivity contribution in [2.24, 2.45) is 0 Å². The van der Waals surface area contributed by atoms with Gasteiger partial charge in [0.05, 0.1) is 13.2 Å². The van der Waals surface area contributed by atoms with Crippen molar-refractivity contribution in [2.45, 2.75) is 26.0 Å². The second-order valence-corrected chi connectivity index (χ2v) is 6.35. The summed E-state index contributed by atoms with van der Waals surface area (Å²) in [5, 5.41) is 10.3. The minimum atomic E-state index is -0.761. The summed E-state index contributed by atoms with van der Waals surface area (Å²) in [5.41, 5.74) is 4.31. The molecule has 1 atom stereocenters. The van der Waals surface area contributed by atoms with Gasteiger partial charge < -0.3 is 9.84 Å². The predicted octanol–water partition coefficient (Wildman–Crippen LogP) is 3.17. The number of nitrogens with zero attached hydrogens (tertiary/aromatic N) is 1. The molecule has 1 saturated heterocycles. The van der Waals surface area contributed by atoms with E-state index >= 15 is 0 Å². The highest BCUT2D eigenvalue weighted by molar-refractivity contribution is 5.38. The first kappa shape index (κ1) is 17.7. The minimum absolute atomic E-state index is 0.761. The zero-order valence-corrected chi connectivity index (χ0v) is 14.7. The van der Waals surface area contributed by atoms with Crippen LogP contribution in [0.2, 0.25) is 0 Å². The van der Waals surface area contributed by atoms with Crippen LogP contribution in [-0.4, -0.2) is 36.3 Å². The van der Waals surface area contributed by atoms with Crippen molar-refractivity contribution >= 4 is 0 Å². The third-order valence-corrected chi connectivity index (χ3v) is 4.52. The molecule has 3 nitrogen and oxygen atoms in total. The van der Waals surface area contributed by atoms with E-state index in [0.29, 0.717) is 0 Å². The second kappa shape index (κ2) is 8.82. The number of aryl methyl sites for hydroxylation is 1. The Balaban J connectivity index is 1.60. The first-order chi connectivity index (χ1) is 12.2. The molecule has 25 heavy (non-hydrogen) atoms. The largest absolute Gasteiger partial charge is 0.379 e. The van der Waals surface area contributed by atoms with Gasteiger partial charge in [0, 0.05) is 25.2 Å². The van der Waals surface area contributed by atoms with Crippen molar-refractivity contribution in [2.75, 3.05) is 26.3 Å². The number of benzene rings is 2. The van der Waals surface area contributed by atoms with Crippen LogP contribution in [0.1, 0.15) is 35.3 Å². The zero-order valence-electron chi connectivity index (χ0n) is 14.7. The molecule has 1 aliphatic heterocycles. The Hall–Kier alpha value is -2.12. The molecule has 2 aromatic rings. The van der Waals surface area contributed by atoms with Gasteiger partial charge in [-0.3, -0.25) is 4.90 Å². The smallest absolute Gasteiger partial charge is 0.140 e. The summed E-state index contributed by atoms with van der Waals surface area (Å²) in [6.07, 6.45) is 0.260. The lowest BCUT2D eigenvalue weighted by molar-refractivity contribution is 0.0342. The summed E-state index contributed by atoms with van der Waals surface area (Å²) in [6.45, 7) is 6.64. The van der Waals surface area contributed by atoms with Crippen molar-refractivity contribution < 1.29 is 9.84 Å². The molecule has 2 aromatic carbocycles. The van der Waals surface area contributed by atoms with E-state index in [1.165, 1.54) is 11.1 Å². The van der Waals surface area contributed by atoms with Gasteiger partial charge >= 0.3 is 0 Å². The lowest BCUT2D eigenvalue weighted by Gasteiger charge is -2.26. The van der Waals surface area contributed by atoms with Crippen molar-refractivity contribution in [3.63, 3.8) is 0 Å². The van der Waals surface area contributed by atoms with Crippen LogP contribution in [-0.2, 0) is 17.7 Å². The number of rotatable bonds is 4. The van der Waals surface area contributed by atoms with Crippen molar-refractivity contribution in [1.29, 1.82) is 0 Å². The van der Waals surface area contributed by atoms with Crippen molar-refractivity contribution in [1.82, 2.24) is 4.90 Å². The molecule has 1 N–H and O–H groups in total. The molecule has 0 radical (unpaired) electrons. The summed E-state index contributed by atoms with van der Waals surface area (Å²) < 4.78 is 5.37. The quantitative estimate of drug-likeness (QED) is 0.871. The van der Waals surface area contributed by atoms with Crippen LogP contribution in [0.4, 0.5) is 0 Å². The van der Waals surface area contributed by atoms with Gasteiger partial charge in [-0.15, -0.1) is 0 Å². The number of hydrogen-bond donors (Lipinski definition) is 1. The van der Waals surface area contributed by atoms with E-state index in [0.717, 1.165) is 50.4 Å². The SMILES string of the molecule is CCc1ccc(C#CC(O)c2ccc(CN3CCOCC3)cc2)cc1. The zero-order chi connectivity index (χ0) is 17.5. The van der Waals surface area contributed by atoms with E-state index in [-0.39, 0.29) is 0 Å². The summed E-state index contributed by atoms with van der Waals surface area (Å²) in [7, 11) is 0. The van der Waals surface area contributed by atoms with Crippen LogP contribution in [0.25, 0.3) is 0 Å². The van der Waals surface area contributed by atoms with E-state index in [1.54, 1.807) is 0 Å². The van der Waals surface area contributed by atoms with E-state index in [2.05, 4.69) is 47.9 Å². The average molecular weight is 335 g/mol. The third-order valence-electron chi connectivity index (χ3n) is 4.52. The molecule has 0 bridgehead atoms. The lowest BCUT2D eigenvalue weighted by atomic mass is 10.1. The van der Waals surface area contributed by atoms with Crippen molar-refractivity contribution in [3.8, 4) is 11.8 Å². The van der Waals surface area contributed by atoms with E-state index in [4.69, 9.17) is 4.74 Å². The molecule has 1 unspecified atom stereocenters. The monoisotopic (exact) mass is 335 g/mol. The fourth-order valence-corrected chi connectivity index (χ4v) is 2.88. The second-order valence-electron chi connectivity index (χ2n) is 6.35. The molecular formula is C22H25NO2. The first-order valence-electron chi connectivity index (χ1n) is 8.92. The van der Waals surface area contributed by atoms with Gasteiger partial charge in [0.2, 0.25) is 0 Å². The Kier molecular flexibility index (Phi) is 6.25. The van der Waals surface area contributed by atoms with Crippen LogP contribution >= 0.6 is 0 Å². The van der Waals surface area contributed by atoms with E-state index in [9.17, 15) is 5.11 Å². The van der Waals surface area contributed by atoms with Gasteiger partial charge in [0.25, 0.3) is 0 Å². The highest BCUT2D eigenvalue weighted by Crippen LogP contribution is 2.15. The maximum Gasteiger partial charge on any atom is 0.140 e. The summed E-state index contributed by atoms with van der Waals surface area (Å²) in [4.78, 5) is 2.38. The van der Waals surface area contributed by atoms with Crippen LogP contribution in [0.15, 0.2) is 48.5 Å². The van der Waals surface area contributed by atoms with Crippen LogP contribution in [0, 0.1) is 11.8 Å². The molecule has 0 saturated carbocycles. The number of hydrogen-bond acceptors (Lipinski definition) is 3. The Labute approximate surface area is 150 Å². The minimum Gasteiger partial charge on any atom is -0.379 e. The van der Waals surface area contributed by atoms with Crippen LogP contribution in [0.5, 0.6) is 0 Å². The van der Waals surface area contributed by atoms with Gasteiger partial charge in [0.15, 0.2) is 0 Å². The van der Waals surface area contributed by atoms with Crippen molar-refractivity contribution in [3.05, 3.63) is 70.8 Å². The maximum absolute atomic E-state index is 10.3. The molecular weight excluding hydrogens is 310 g/mol.